The number of aryl methyl sites for hydroxylation is 1. The first-order chi connectivity index (χ1) is 11.4. The molecule has 0 radical (unpaired) electrons. The number of carbonyl (C=O) groups excluding carboxylic acids is 1. The van der Waals surface area contributed by atoms with Crippen molar-refractivity contribution in [3.63, 3.8) is 0 Å². The fourth-order valence-electron chi connectivity index (χ4n) is 2.99. The van der Waals surface area contributed by atoms with Crippen molar-refractivity contribution in [3.05, 3.63) is 65.6 Å². The van der Waals surface area contributed by atoms with Gasteiger partial charge in [-0.3, -0.25) is 9.78 Å². The summed E-state index contributed by atoms with van der Waals surface area (Å²) in [5, 5.41) is 3.95. The Morgan fingerprint density at radius 3 is 2.62 bits per heavy atom. The number of benzene rings is 1. The van der Waals surface area contributed by atoms with E-state index in [4.69, 9.17) is 0 Å². The summed E-state index contributed by atoms with van der Waals surface area (Å²) >= 11 is 0. The van der Waals surface area contributed by atoms with E-state index in [0.717, 1.165) is 16.6 Å². The normalized spacial score (nSPS) is 11.7. The highest BCUT2D eigenvalue weighted by molar-refractivity contribution is 6.07. The van der Waals surface area contributed by atoms with Gasteiger partial charge in [-0.25, -0.2) is 0 Å². The van der Waals surface area contributed by atoms with Gasteiger partial charge in [0.05, 0.1) is 17.8 Å². The number of rotatable bonds is 3. The van der Waals surface area contributed by atoms with E-state index in [0.29, 0.717) is 12.1 Å². The number of fused-ring (bicyclic) bond motifs is 1. The third-order valence-electron chi connectivity index (χ3n) is 4.24. The fourth-order valence-corrected chi connectivity index (χ4v) is 2.99. The van der Waals surface area contributed by atoms with Crippen LogP contribution in [0.3, 0.4) is 0 Å². The zero-order chi connectivity index (χ0) is 17.3. The molecule has 2 heterocycles. The fraction of sp³-hybridized carbons (Fsp3) is 0.300. The third kappa shape index (κ3) is 3.04. The van der Waals surface area contributed by atoms with Crippen LogP contribution in [0.2, 0.25) is 0 Å². The molecule has 4 nitrogen and oxygen atoms in total. The second kappa shape index (κ2) is 6.11. The molecule has 3 rings (SSSR count). The Bertz CT molecular complexity index is 873. The van der Waals surface area contributed by atoms with Crippen LogP contribution >= 0.6 is 0 Å². The van der Waals surface area contributed by atoms with Crippen LogP contribution < -0.4 is 5.32 Å². The van der Waals surface area contributed by atoms with Gasteiger partial charge in [-0.2, -0.15) is 0 Å². The molecule has 0 fully saturated rings. The van der Waals surface area contributed by atoms with Crippen molar-refractivity contribution < 1.29 is 4.79 Å². The molecular weight excluding hydrogens is 298 g/mol. The first kappa shape index (κ1) is 16.2. The summed E-state index contributed by atoms with van der Waals surface area (Å²) in [5.74, 6) is -0.0719. The maximum atomic E-state index is 12.7. The van der Waals surface area contributed by atoms with Gasteiger partial charge in [-0.15, -0.1) is 0 Å². The van der Waals surface area contributed by atoms with Gasteiger partial charge in [-0.05, 0) is 35.2 Å². The van der Waals surface area contributed by atoms with E-state index in [1.165, 1.54) is 5.56 Å². The minimum atomic E-state index is -0.0719. The molecule has 0 spiro atoms. The van der Waals surface area contributed by atoms with Crippen molar-refractivity contribution in [1.29, 1.82) is 0 Å². The summed E-state index contributed by atoms with van der Waals surface area (Å²) in [6.07, 6.45) is 3.74. The third-order valence-corrected chi connectivity index (χ3v) is 4.24. The molecule has 124 valence electrons. The summed E-state index contributed by atoms with van der Waals surface area (Å²) in [4.78, 5) is 16.9. The van der Waals surface area contributed by atoms with Gasteiger partial charge in [0.1, 0.15) is 0 Å². The van der Waals surface area contributed by atoms with Gasteiger partial charge < -0.3 is 9.88 Å². The van der Waals surface area contributed by atoms with Crippen LogP contribution in [0.15, 0.2) is 48.8 Å². The van der Waals surface area contributed by atoms with Crippen molar-refractivity contribution >= 4 is 16.8 Å². The van der Waals surface area contributed by atoms with Crippen LogP contribution in [0.25, 0.3) is 10.9 Å². The van der Waals surface area contributed by atoms with Crippen molar-refractivity contribution in [1.82, 2.24) is 14.9 Å². The summed E-state index contributed by atoms with van der Waals surface area (Å²) in [5.41, 5.74) is 3.93. The Balaban J connectivity index is 1.94. The van der Waals surface area contributed by atoms with Crippen molar-refractivity contribution in [3.8, 4) is 0 Å². The zero-order valence-corrected chi connectivity index (χ0v) is 14.6. The molecule has 1 amide bonds. The summed E-state index contributed by atoms with van der Waals surface area (Å²) < 4.78 is 2.09. The topological polar surface area (TPSA) is 46.9 Å². The first-order valence-electron chi connectivity index (χ1n) is 8.14. The Kier molecular flexibility index (Phi) is 4.14. The van der Waals surface area contributed by atoms with Gasteiger partial charge in [0, 0.05) is 30.4 Å². The van der Waals surface area contributed by atoms with E-state index in [1.54, 1.807) is 6.20 Å². The number of carbonyl (C=O) groups is 1. The molecule has 0 unspecified atom stereocenters. The number of amides is 1. The van der Waals surface area contributed by atoms with Gasteiger partial charge in [0.25, 0.3) is 5.91 Å². The Morgan fingerprint density at radius 1 is 1.17 bits per heavy atom. The zero-order valence-electron chi connectivity index (χ0n) is 14.6. The lowest BCUT2D eigenvalue weighted by Crippen LogP contribution is -2.24. The van der Waals surface area contributed by atoms with Crippen LogP contribution in [0.1, 0.15) is 42.4 Å². The quantitative estimate of drug-likeness (QED) is 0.797. The standard InChI is InChI=1S/C20H23N3O/c1-20(2,3)17-9-8-16(15-10-12-23(4)18(15)17)19(24)22-13-14-7-5-6-11-21-14/h5-12H,13H2,1-4H3,(H,22,24). The summed E-state index contributed by atoms with van der Waals surface area (Å²) in [6, 6.07) is 11.7. The van der Waals surface area contributed by atoms with Crippen LogP contribution in [0.5, 0.6) is 0 Å². The van der Waals surface area contributed by atoms with Crippen molar-refractivity contribution in [2.45, 2.75) is 32.7 Å². The van der Waals surface area contributed by atoms with Crippen molar-refractivity contribution in [2.24, 2.45) is 7.05 Å². The second-order valence-corrected chi connectivity index (χ2v) is 7.10. The molecule has 0 aliphatic heterocycles. The number of hydrogen-bond acceptors (Lipinski definition) is 2. The maximum Gasteiger partial charge on any atom is 0.252 e. The molecule has 4 heteroatoms. The van der Waals surface area contributed by atoms with Gasteiger partial charge in [0.2, 0.25) is 0 Å². The smallest absolute Gasteiger partial charge is 0.252 e. The van der Waals surface area contributed by atoms with Crippen LogP contribution in [-0.2, 0) is 19.0 Å². The molecule has 0 atom stereocenters. The average Bonchev–Trinajstić information content (AvgIpc) is 2.94. The Labute approximate surface area is 142 Å². The van der Waals surface area contributed by atoms with E-state index >= 15 is 0 Å². The Hall–Kier alpha value is -2.62. The van der Waals surface area contributed by atoms with Crippen LogP contribution in [-0.4, -0.2) is 15.5 Å². The van der Waals surface area contributed by atoms with Crippen LogP contribution in [0.4, 0.5) is 0 Å². The highest BCUT2D eigenvalue weighted by Gasteiger charge is 2.21. The lowest BCUT2D eigenvalue weighted by atomic mass is 9.85. The number of nitrogens with zero attached hydrogens (tertiary/aromatic N) is 2. The van der Waals surface area contributed by atoms with Gasteiger partial charge >= 0.3 is 0 Å². The van der Waals surface area contributed by atoms with Crippen LogP contribution in [0, 0.1) is 0 Å². The highest BCUT2D eigenvalue weighted by atomic mass is 16.1. The lowest BCUT2D eigenvalue weighted by Gasteiger charge is -2.22. The molecule has 1 N–H and O–H groups in total. The minimum absolute atomic E-state index is 0.0212. The van der Waals surface area contributed by atoms with E-state index < -0.39 is 0 Å². The summed E-state index contributed by atoms with van der Waals surface area (Å²) in [7, 11) is 2.02. The molecule has 0 aliphatic carbocycles. The molecule has 0 bridgehead atoms. The van der Waals surface area contributed by atoms with E-state index in [-0.39, 0.29) is 11.3 Å². The molecule has 0 saturated heterocycles. The molecule has 24 heavy (non-hydrogen) atoms. The van der Waals surface area contributed by atoms with Crippen molar-refractivity contribution in [2.75, 3.05) is 0 Å². The lowest BCUT2D eigenvalue weighted by molar-refractivity contribution is 0.0952. The molecule has 0 saturated carbocycles. The SMILES string of the molecule is Cn1ccc2c(C(=O)NCc3ccccn3)ccc(C(C)(C)C)c21. The van der Waals surface area contributed by atoms with E-state index in [1.807, 2.05) is 43.6 Å². The predicted octanol–water partition coefficient (Wildman–Crippen LogP) is 3.80. The predicted molar refractivity (Wildman–Crippen MR) is 97.0 cm³/mol. The largest absolute Gasteiger partial charge is 0.350 e. The number of aromatic nitrogens is 2. The molecule has 1 aromatic carbocycles. The number of pyridine rings is 1. The first-order valence-corrected chi connectivity index (χ1v) is 8.14. The Morgan fingerprint density at radius 2 is 1.96 bits per heavy atom. The average molecular weight is 321 g/mol. The van der Waals surface area contributed by atoms with Gasteiger partial charge in [-0.1, -0.05) is 32.9 Å². The molecular formula is C20H23N3O. The number of hydrogen-bond donors (Lipinski definition) is 1. The maximum absolute atomic E-state index is 12.7. The molecule has 0 aliphatic rings. The molecule has 3 aromatic rings. The van der Waals surface area contributed by atoms with E-state index in [2.05, 4.69) is 41.7 Å². The summed E-state index contributed by atoms with van der Waals surface area (Å²) in [6.45, 7) is 7.00. The molecule has 2 aromatic heterocycles. The highest BCUT2D eigenvalue weighted by Crippen LogP contribution is 2.32. The monoisotopic (exact) mass is 321 g/mol. The number of nitrogens with one attached hydrogen (secondary N) is 1. The van der Waals surface area contributed by atoms with E-state index in [9.17, 15) is 4.79 Å². The second-order valence-electron chi connectivity index (χ2n) is 7.10. The van der Waals surface area contributed by atoms with Gasteiger partial charge in [0.15, 0.2) is 0 Å². The minimum Gasteiger partial charge on any atom is -0.350 e.